The Labute approximate surface area is 183 Å². The van der Waals surface area contributed by atoms with Gasteiger partial charge in [0.15, 0.2) is 5.13 Å². The second-order valence-electron chi connectivity index (χ2n) is 6.33. The molecule has 0 bridgehead atoms. The zero-order valence-corrected chi connectivity index (χ0v) is 18.3. The van der Waals surface area contributed by atoms with Crippen molar-refractivity contribution in [2.75, 3.05) is 31.6 Å². The predicted molar refractivity (Wildman–Crippen MR) is 117 cm³/mol. The quantitative estimate of drug-likeness (QED) is 0.576. The van der Waals surface area contributed by atoms with Crippen LogP contribution in [0.3, 0.4) is 0 Å². The van der Waals surface area contributed by atoms with Gasteiger partial charge >= 0.3 is 0 Å². The Bertz CT molecular complexity index is 1110. The highest BCUT2D eigenvalue weighted by Crippen LogP contribution is 2.31. The number of hydrogen-bond donors (Lipinski definition) is 1. The standard InChI is InChI=1S/C19H17Cl2N3O3S2/c20-16-6-3-14(11-17(16)21)22-19-23-18(12-28-19)13-1-4-15(5-2-13)29(25,26)24-7-9-27-10-8-24/h1-6,11-12H,7-10H2,(H,22,23). The van der Waals surface area contributed by atoms with Crippen molar-refractivity contribution in [3.8, 4) is 11.3 Å². The van der Waals surface area contributed by atoms with E-state index in [2.05, 4.69) is 10.3 Å². The van der Waals surface area contributed by atoms with Gasteiger partial charge in [0.05, 0.1) is 33.8 Å². The molecule has 2 heterocycles. The molecule has 10 heteroatoms. The summed E-state index contributed by atoms with van der Waals surface area (Å²) in [5, 5.41) is 6.75. The van der Waals surface area contributed by atoms with Gasteiger partial charge in [0, 0.05) is 29.7 Å². The maximum atomic E-state index is 12.7. The van der Waals surface area contributed by atoms with Crippen LogP contribution in [0, 0.1) is 0 Å². The van der Waals surface area contributed by atoms with Crippen molar-refractivity contribution in [1.29, 1.82) is 0 Å². The molecule has 1 saturated heterocycles. The molecule has 1 N–H and O–H groups in total. The highest BCUT2D eigenvalue weighted by Gasteiger charge is 2.26. The molecule has 4 rings (SSSR count). The van der Waals surface area contributed by atoms with Gasteiger partial charge in [-0.1, -0.05) is 35.3 Å². The van der Waals surface area contributed by atoms with E-state index in [1.165, 1.54) is 15.6 Å². The Hall–Kier alpha value is -1.68. The molecule has 1 aliphatic heterocycles. The third kappa shape index (κ3) is 4.58. The van der Waals surface area contributed by atoms with E-state index in [1.807, 2.05) is 11.4 Å². The molecule has 1 aromatic heterocycles. The minimum atomic E-state index is -3.50. The van der Waals surface area contributed by atoms with E-state index in [1.54, 1.807) is 36.4 Å². The highest BCUT2D eigenvalue weighted by molar-refractivity contribution is 7.89. The topological polar surface area (TPSA) is 71.5 Å². The fraction of sp³-hybridized carbons (Fsp3) is 0.211. The number of benzene rings is 2. The zero-order chi connectivity index (χ0) is 20.4. The van der Waals surface area contributed by atoms with Crippen LogP contribution in [0.5, 0.6) is 0 Å². The summed E-state index contributed by atoms with van der Waals surface area (Å²) in [5.41, 5.74) is 2.38. The molecule has 29 heavy (non-hydrogen) atoms. The van der Waals surface area contributed by atoms with Crippen LogP contribution in [-0.2, 0) is 14.8 Å². The predicted octanol–water partition coefficient (Wildman–Crippen LogP) is 4.88. The summed E-state index contributed by atoms with van der Waals surface area (Å²) >= 11 is 13.4. The molecule has 0 atom stereocenters. The first kappa shape index (κ1) is 20.6. The van der Waals surface area contributed by atoms with Crippen LogP contribution in [0.25, 0.3) is 11.3 Å². The summed E-state index contributed by atoms with van der Waals surface area (Å²) in [6.45, 7) is 1.59. The van der Waals surface area contributed by atoms with Crippen LogP contribution >= 0.6 is 34.5 Å². The van der Waals surface area contributed by atoms with E-state index in [4.69, 9.17) is 27.9 Å². The van der Waals surface area contributed by atoms with Gasteiger partial charge in [-0.15, -0.1) is 11.3 Å². The Morgan fingerprint density at radius 1 is 1.03 bits per heavy atom. The molecule has 2 aromatic carbocycles. The Balaban J connectivity index is 1.50. The number of ether oxygens (including phenoxy) is 1. The number of nitrogens with one attached hydrogen (secondary N) is 1. The summed E-state index contributed by atoms with van der Waals surface area (Å²) in [4.78, 5) is 4.84. The first-order valence-corrected chi connectivity index (χ1v) is 11.9. The molecule has 0 amide bonds. The van der Waals surface area contributed by atoms with E-state index in [-0.39, 0.29) is 4.90 Å². The number of anilines is 2. The van der Waals surface area contributed by atoms with E-state index in [9.17, 15) is 8.42 Å². The number of morpholine rings is 1. The molecular formula is C19H17Cl2N3O3S2. The van der Waals surface area contributed by atoms with E-state index >= 15 is 0 Å². The van der Waals surface area contributed by atoms with Crippen molar-refractivity contribution in [2.24, 2.45) is 0 Å². The number of nitrogens with zero attached hydrogens (tertiary/aromatic N) is 2. The number of thiazole rings is 1. The number of hydrogen-bond acceptors (Lipinski definition) is 6. The second-order valence-corrected chi connectivity index (χ2v) is 9.94. The van der Waals surface area contributed by atoms with Crippen LogP contribution in [0.15, 0.2) is 52.7 Å². The van der Waals surface area contributed by atoms with Crippen LogP contribution in [0.2, 0.25) is 10.0 Å². The third-order valence-corrected chi connectivity index (χ3v) is 7.84. The Morgan fingerprint density at radius 2 is 1.76 bits per heavy atom. The molecule has 0 radical (unpaired) electrons. The van der Waals surface area contributed by atoms with E-state index in [0.29, 0.717) is 41.5 Å². The summed E-state index contributed by atoms with van der Waals surface area (Å²) < 4.78 is 32.1. The fourth-order valence-corrected chi connectivity index (χ4v) is 5.34. The average molecular weight is 470 g/mol. The molecule has 1 aliphatic rings. The van der Waals surface area contributed by atoms with Crippen molar-refractivity contribution in [2.45, 2.75) is 4.90 Å². The normalized spacial score (nSPS) is 15.4. The fourth-order valence-electron chi connectivity index (χ4n) is 2.89. The molecule has 0 spiro atoms. The van der Waals surface area contributed by atoms with Crippen molar-refractivity contribution >= 4 is 55.4 Å². The average Bonchev–Trinajstić information content (AvgIpc) is 3.20. The molecule has 0 saturated carbocycles. The lowest BCUT2D eigenvalue weighted by atomic mass is 10.2. The maximum absolute atomic E-state index is 12.7. The number of rotatable bonds is 5. The molecule has 6 nitrogen and oxygen atoms in total. The van der Waals surface area contributed by atoms with E-state index in [0.717, 1.165) is 16.9 Å². The van der Waals surface area contributed by atoms with Gasteiger partial charge in [-0.25, -0.2) is 13.4 Å². The van der Waals surface area contributed by atoms with Crippen LogP contribution in [0.4, 0.5) is 10.8 Å². The number of sulfonamides is 1. The summed E-state index contributed by atoms with van der Waals surface area (Å²) in [7, 11) is -3.50. The lowest BCUT2D eigenvalue weighted by molar-refractivity contribution is 0.0730. The van der Waals surface area contributed by atoms with Crippen molar-refractivity contribution in [3.05, 3.63) is 57.9 Å². The van der Waals surface area contributed by atoms with Gasteiger partial charge in [-0.2, -0.15) is 4.31 Å². The lowest BCUT2D eigenvalue weighted by Crippen LogP contribution is -2.40. The number of halogens is 2. The largest absolute Gasteiger partial charge is 0.379 e. The SMILES string of the molecule is O=S(=O)(c1ccc(-c2csc(Nc3ccc(Cl)c(Cl)c3)n2)cc1)N1CCOCC1. The van der Waals surface area contributed by atoms with Gasteiger partial charge in [-0.05, 0) is 30.3 Å². The molecule has 3 aromatic rings. The van der Waals surface area contributed by atoms with Gasteiger partial charge in [-0.3, -0.25) is 0 Å². The monoisotopic (exact) mass is 469 g/mol. The first-order chi connectivity index (χ1) is 13.9. The first-order valence-electron chi connectivity index (χ1n) is 8.79. The van der Waals surface area contributed by atoms with Crippen molar-refractivity contribution in [3.63, 3.8) is 0 Å². The van der Waals surface area contributed by atoms with Crippen LogP contribution in [0.1, 0.15) is 0 Å². The second kappa shape index (κ2) is 8.59. The van der Waals surface area contributed by atoms with Crippen molar-refractivity contribution in [1.82, 2.24) is 9.29 Å². The summed E-state index contributed by atoms with van der Waals surface area (Å²) in [6.07, 6.45) is 0. The minimum Gasteiger partial charge on any atom is -0.379 e. The Kier molecular flexibility index (Phi) is 6.10. The lowest BCUT2D eigenvalue weighted by Gasteiger charge is -2.26. The van der Waals surface area contributed by atoms with Gasteiger partial charge in [0.25, 0.3) is 0 Å². The van der Waals surface area contributed by atoms with Crippen molar-refractivity contribution < 1.29 is 13.2 Å². The zero-order valence-electron chi connectivity index (χ0n) is 15.1. The van der Waals surface area contributed by atoms with Crippen LogP contribution < -0.4 is 5.32 Å². The molecular weight excluding hydrogens is 453 g/mol. The molecule has 0 aliphatic carbocycles. The number of aromatic nitrogens is 1. The summed E-state index contributed by atoms with van der Waals surface area (Å²) in [6, 6.07) is 12.0. The molecule has 0 unspecified atom stereocenters. The molecule has 1 fully saturated rings. The molecule has 152 valence electrons. The van der Waals surface area contributed by atoms with Crippen LogP contribution in [-0.4, -0.2) is 44.0 Å². The van der Waals surface area contributed by atoms with Gasteiger partial charge < -0.3 is 10.1 Å². The van der Waals surface area contributed by atoms with Gasteiger partial charge in [0.2, 0.25) is 10.0 Å². The smallest absolute Gasteiger partial charge is 0.243 e. The van der Waals surface area contributed by atoms with Gasteiger partial charge in [0.1, 0.15) is 0 Å². The third-order valence-electron chi connectivity index (χ3n) is 4.43. The summed E-state index contributed by atoms with van der Waals surface area (Å²) in [5.74, 6) is 0. The highest BCUT2D eigenvalue weighted by atomic mass is 35.5. The Morgan fingerprint density at radius 3 is 2.45 bits per heavy atom. The minimum absolute atomic E-state index is 0.271. The maximum Gasteiger partial charge on any atom is 0.243 e. The van der Waals surface area contributed by atoms with E-state index < -0.39 is 10.0 Å².